The molecule has 0 fully saturated rings. The van der Waals surface area contributed by atoms with E-state index in [2.05, 4.69) is 13.8 Å². The molecule has 3 rings (SSSR count). The molecule has 0 saturated carbocycles. The monoisotopic (exact) mass is 296 g/mol. The normalized spacial score (nSPS) is 11.2. The highest BCUT2D eigenvalue weighted by Gasteiger charge is 2.14. The number of rotatable bonds is 3. The number of aromatic hydroxyl groups is 1. The minimum Gasteiger partial charge on any atom is -0.494 e. The zero-order valence-electron chi connectivity index (χ0n) is 12.4. The molecule has 0 unspecified atom stereocenters. The van der Waals surface area contributed by atoms with Gasteiger partial charge in [-0.25, -0.2) is 0 Å². The largest absolute Gasteiger partial charge is 0.494 e. The number of hydrogen-bond acceptors (Lipinski definition) is 3. The number of non-ortho nitro benzene ring substituents is 1. The minimum atomic E-state index is -0.465. The maximum absolute atomic E-state index is 10.9. The lowest BCUT2D eigenvalue weighted by Gasteiger charge is -2.08. The summed E-state index contributed by atoms with van der Waals surface area (Å²) < 4.78 is 1.64. The highest BCUT2D eigenvalue weighted by atomic mass is 16.6. The lowest BCUT2D eigenvalue weighted by Crippen LogP contribution is -1.93. The van der Waals surface area contributed by atoms with Crippen LogP contribution in [0.3, 0.4) is 0 Å². The molecule has 0 atom stereocenters. The Morgan fingerprint density at radius 3 is 2.41 bits per heavy atom. The Balaban J connectivity index is 2.11. The zero-order chi connectivity index (χ0) is 15.9. The highest BCUT2D eigenvalue weighted by molar-refractivity contribution is 5.90. The van der Waals surface area contributed by atoms with Crippen LogP contribution in [0.25, 0.3) is 16.5 Å². The summed E-state index contributed by atoms with van der Waals surface area (Å²) in [5, 5.41) is 22.5. The van der Waals surface area contributed by atoms with Crippen LogP contribution in [-0.4, -0.2) is 14.6 Å². The van der Waals surface area contributed by atoms with E-state index in [-0.39, 0.29) is 11.6 Å². The Morgan fingerprint density at radius 1 is 1.14 bits per heavy atom. The van der Waals surface area contributed by atoms with Crippen molar-refractivity contribution in [1.82, 2.24) is 4.57 Å². The van der Waals surface area contributed by atoms with Gasteiger partial charge in [-0.3, -0.25) is 14.7 Å². The third-order valence-electron chi connectivity index (χ3n) is 3.82. The van der Waals surface area contributed by atoms with Crippen LogP contribution in [0.4, 0.5) is 5.69 Å². The third-order valence-corrected chi connectivity index (χ3v) is 3.82. The number of hydrogen-bond donors (Lipinski definition) is 1. The number of fused-ring (bicyclic) bond motifs is 1. The van der Waals surface area contributed by atoms with Gasteiger partial charge < -0.3 is 5.11 Å². The quantitative estimate of drug-likeness (QED) is 0.576. The molecular formula is C17H16N2O3. The van der Waals surface area contributed by atoms with Crippen molar-refractivity contribution in [1.29, 1.82) is 0 Å². The van der Waals surface area contributed by atoms with Gasteiger partial charge in [-0.15, -0.1) is 0 Å². The molecule has 0 aliphatic rings. The van der Waals surface area contributed by atoms with E-state index in [9.17, 15) is 15.2 Å². The molecule has 0 amide bonds. The van der Waals surface area contributed by atoms with E-state index >= 15 is 0 Å². The van der Waals surface area contributed by atoms with Crippen molar-refractivity contribution in [3.63, 3.8) is 0 Å². The van der Waals surface area contributed by atoms with E-state index in [0.717, 1.165) is 11.1 Å². The van der Waals surface area contributed by atoms with Crippen LogP contribution in [0.1, 0.15) is 25.3 Å². The molecule has 2 aromatic carbocycles. The van der Waals surface area contributed by atoms with Gasteiger partial charge in [0.2, 0.25) is 5.88 Å². The Hall–Kier alpha value is -2.82. The Labute approximate surface area is 127 Å². The molecule has 1 heterocycles. The Kier molecular flexibility index (Phi) is 3.33. The van der Waals surface area contributed by atoms with E-state index in [1.165, 1.54) is 17.7 Å². The summed E-state index contributed by atoms with van der Waals surface area (Å²) in [6, 6.07) is 12.4. The summed E-state index contributed by atoms with van der Waals surface area (Å²) in [6.07, 6.45) is 1.78. The molecule has 22 heavy (non-hydrogen) atoms. The van der Waals surface area contributed by atoms with Crippen LogP contribution >= 0.6 is 0 Å². The second kappa shape index (κ2) is 5.18. The fourth-order valence-electron chi connectivity index (χ4n) is 2.51. The third kappa shape index (κ3) is 2.30. The van der Waals surface area contributed by atoms with Crippen LogP contribution in [0.15, 0.2) is 48.7 Å². The number of nitro groups is 1. The predicted octanol–water partition coefficient (Wildman–Crippen LogP) is 4.37. The minimum absolute atomic E-state index is 0.0102. The van der Waals surface area contributed by atoms with Gasteiger partial charge in [0.15, 0.2) is 0 Å². The van der Waals surface area contributed by atoms with Gasteiger partial charge >= 0.3 is 0 Å². The molecule has 3 aromatic rings. The first-order chi connectivity index (χ1) is 10.5. The van der Waals surface area contributed by atoms with Gasteiger partial charge in [0.1, 0.15) is 0 Å². The van der Waals surface area contributed by atoms with Crippen molar-refractivity contribution >= 4 is 16.5 Å². The maximum Gasteiger partial charge on any atom is 0.270 e. The summed E-state index contributed by atoms with van der Waals surface area (Å²) in [7, 11) is 0. The van der Waals surface area contributed by atoms with E-state index in [0.29, 0.717) is 11.3 Å². The van der Waals surface area contributed by atoms with Crippen LogP contribution < -0.4 is 0 Å². The summed E-state index contributed by atoms with van der Waals surface area (Å²) in [6.45, 7) is 4.24. The van der Waals surface area contributed by atoms with Crippen molar-refractivity contribution in [2.75, 3.05) is 0 Å². The van der Waals surface area contributed by atoms with E-state index in [4.69, 9.17) is 0 Å². The summed E-state index contributed by atoms with van der Waals surface area (Å²) in [4.78, 5) is 10.4. The van der Waals surface area contributed by atoms with Gasteiger partial charge in [-0.1, -0.05) is 26.0 Å². The number of nitrogens with zero attached hydrogens (tertiary/aromatic N) is 2. The lowest BCUT2D eigenvalue weighted by molar-refractivity contribution is -0.384. The lowest BCUT2D eigenvalue weighted by atomic mass is 10.0. The SMILES string of the molecule is CC(C)c1ccc(-n2cc3ccc([N+](=O)[O-])cc3c2O)cc1. The second-order valence-electron chi connectivity index (χ2n) is 5.60. The van der Waals surface area contributed by atoms with Crippen molar-refractivity contribution in [2.45, 2.75) is 19.8 Å². The highest BCUT2D eigenvalue weighted by Crippen LogP contribution is 2.33. The zero-order valence-corrected chi connectivity index (χ0v) is 12.4. The summed E-state index contributed by atoms with van der Waals surface area (Å²) in [5.74, 6) is 0.449. The van der Waals surface area contributed by atoms with Crippen LogP contribution in [0, 0.1) is 10.1 Å². The fraction of sp³-hybridized carbons (Fsp3) is 0.176. The molecule has 112 valence electrons. The van der Waals surface area contributed by atoms with Crippen molar-refractivity contribution < 1.29 is 10.0 Å². The van der Waals surface area contributed by atoms with Crippen LogP contribution in [0.2, 0.25) is 0 Å². The van der Waals surface area contributed by atoms with E-state index in [1.807, 2.05) is 24.3 Å². The smallest absolute Gasteiger partial charge is 0.270 e. The van der Waals surface area contributed by atoms with Crippen molar-refractivity contribution in [2.24, 2.45) is 0 Å². The van der Waals surface area contributed by atoms with E-state index in [1.54, 1.807) is 16.8 Å². The molecule has 0 spiro atoms. The van der Waals surface area contributed by atoms with Gasteiger partial charge in [0.05, 0.1) is 10.3 Å². The standard InChI is InChI=1S/C17H16N2O3/c1-11(2)12-3-6-14(7-4-12)18-10-13-5-8-15(19(21)22)9-16(13)17(18)20/h3-11,20H,1-2H3. The number of benzene rings is 2. The molecule has 5 nitrogen and oxygen atoms in total. The average molecular weight is 296 g/mol. The molecular weight excluding hydrogens is 280 g/mol. The van der Waals surface area contributed by atoms with Gasteiger partial charge in [-0.2, -0.15) is 0 Å². The molecule has 0 radical (unpaired) electrons. The molecule has 0 aliphatic carbocycles. The average Bonchev–Trinajstić information content (AvgIpc) is 2.84. The molecule has 0 saturated heterocycles. The topological polar surface area (TPSA) is 68.3 Å². The Bertz CT molecular complexity index is 848. The fourth-order valence-corrected chi connectivity index (χ4v) is 2.51. The Morgan fingerprint density at radius 2 is 1.82 bits per heavy atom. The van der Waals surface area contributed by atoms with Gasteiger partial charge in [-0.05, 0) is 29.7 Å². The first kappa shape index (κ1) is 14.1. The van der Waals surface area contributed by atoms with Gasteiger partial charge in [0.25, 0.3) is 5.69 Å². The molecule has 0 aliphatic heterocycles. The molecule has 1 N–H and O–H groups in total. The van der Waals surface area contributed by atoms with E-state index < -0.39 is 4.92 Å². The molecule has 0 bridgehead atoms. The van der Waals surface area contributed by atoms with Crippen molar-refractivity contribution in [3.8, 4) is 11.6 Å². The summed E-state index contributed by atoms with van der Waals surface area (Å²) >= 11 is 0. The molecule has 5 heteroatoms. The molecule has 1 aromatic heterocycles. The summed E-state index contributed by atoms with van der Waals surface area (Å²) in [5.41, 5.74) is 2.01. The predicted molar refractivity (Wildman–Crippen MR) is 85.7 cm³/mol. The van der Waals surface area contributed by atoms with Crippen LogP contribution in [-0.2, 0) is 0 Å². The van der Waals surface area contributed by atoms with Crippen LogP contribution in [0.5, 0.6) is 5.88 Å². The van der Waals surface area contributed by atoms with Crippen molar-refractivity contribution in [3.05, 3.63) is 64.3 Å². The number of nitro benzene ring substituents is 1. The first-order valence-corrected chi connectivity index (χ1v) is 7.06. The van der Waals surface area contributed by atoms with Gasteiger partial charge in [0, 0.05) is 29.4 Å². The number of aromatic nitrogens is 1. The second-order valence-corrected chi connectivity index (χ2v) is 5.60. The first-order valence-electron chi connectivity index (χ1n) is 7.06. The maximum atomic E-state index is 10.9.